The number of aryl methyl sites for hydroxylation is 1. The lowest BCUT2D eigenvalue weighted by Gasteiger charge is -2.27. The first-order valence-corrected chi connectivity index (χ1v) is 7.87. The van der Waals surface area contributed by atoms with Gasteiger partial charge in [-0.1, -0.05) is 31.5 Å². The fraction of sp³-hybridized carbons (Fsp3) is 0.444. The highest BCUT2D eigenvalue weighted by atomic mass is 16.2. The molecule has 1 aliphatic heterocycles. The lowest BCUT2D eigenvalue weighted by Crippen LogP contribution is -2.36. The van der Waals surface area contributed by atoms with E-state index in [0.717, 1.165) is 35.6 Å². The van der Waals surface area contributed by atoms with Gasteiger partial charge in [0.2, 0.25) is 0 Å². The third-order valence-electron chi connectivity index (χ3n) is 4.36. The van der Waals surface area contributed by atoms with Gasteiger partial charge in [-0.05, 0) is 19.1 Å². The fourth-order valence-corrected chi connectivity index (χ4v) is 3.20. The van der Waals surface area contributed by atoms with Crippen LogP contribution in [0.15, 0.2) is 24.3 Å². The summed E-state index contributed by atoms with van der Waals surface area (Å²) < 4.78 is 2.20. The highest BCUT2D eigenvalue weighted by molar-refractivity contribution is 5.94. The van der Waals surface area contributed by atoms with E-state index in [1.165, 1.54) is 5.69 Å². The molecule has 3 rings (SSSR count). The molecule has 1 aliphatic rings. The number of aromatic nitrogens is 2. The van der Waals surface area contributed by atoms with E-state index in [0.29, 0.717) is 12.5 Å². The summed E-state index contributed by atoms with van der Waals surface area (Å²) in [6.45, 7) is 7.70. The van der Waals surface area contributed by atoms with Crippen LogP contribution in [0.5, 0.6) is 0 Å². The Bertz CT molecular complexity index is 715. The number of fused-ring (bicyclic) bond motifs is 1. The Hall–Kier alpha value is -2.10. The number of amides is 1. The van der Waals surface area contributed by atoms with Crippen molar-refractivity contribution >= 4 is 5.91 Å². The van der Waals surface area contributed by atoms with Gasteiger partial charge in [-0.2, -0.15) is 0 Å². The van der Waals surface area contributed by atoms with Crippen molar-refractivity contribution in [3.05, 3.63) is 52.6 Å². The van der Waals surface area contributed by atoms with Crippen molar-refractivity contribution in [3.8, 4) is 0 Å². The molecule has 0 bridgehead atoms. The monoisotopic (exact) mass is 297 g/mol. The maximum absolute atomic E-state index is 12.7. The average Bonchev–Trinajstić information content (AvgIpc) is 2.83. The molecule has 0 aliphatic carbocycles. The third kappa shape index (κ3) is 2.54. The van der Waals surface area contributed by atoms with Crippen molar-refractivity contribution in [3.63, 3.8) is 0 Å². The molecule has 0 radical (unpaired) electrons. The molecule has 0 saturated heterocycles. The maximum Gasteiger partial charge on any atom is 0.254 e. The van der Waals surface area contributed by atoms with Crippen LogP contribution < -0.4 is 0 Å². The van der Waals surface area contributed by atoms with Gasteiger partial charge >= 0.3 is 0 Å². The Morgan fingerprint density at radius 3 is 2.77 bits per heavy atom. The Labute approximate surface area is 131 Å². The average molecular weight is 297 g/mol. The molecule has 1 amide bonds. The summed E-state index contributed by atoms with van der Waals surface area (Å²) in [5.74, 6) is 1.61. The second-order valence-corrected chi connectivity index (χ2v) is 6.42. The minimum atomic E-state index is 0.103. The third-order valence-corrected chi connectivity index (χ3v) is 4.36. The molecule has 0 atom stereocenters. The molecule has 0 fully saturated rings. The second-order valence-electron chi connectivity index (χ2n) is 6.42. The Kier molecular flexibility index (Phi) is 3.77. The maximum atomic E-state index is 12.7. The van der Waals surface area contributed by atoms with Crippen molar-refractivity contribution in [2.24, 2.45) is 7.05 Å². The fourth-order valence-electron chi connectivity index (χ4n) is 3.20. The lowest BCUT2D eigenvalue weighted by atomic mass is 10.1. The summed E-state index contributed by atoms with van der Waals surface area (Å²) in [4.78, 5) is 19.4. The number of hydrogen-bond acceptors (Lipinski definition) is 2. The summed E-state index contributed by atoms with van der Waals surface area (Å²) in [7, 11) is 2.08. The molecule has 2 aromatic rings. The van der Waals surface area contributed by atoms with E-state index in [-0.39, 0.29) is 5.91 Å². The van der Waals surface area contributed by atoms with E-state index in [1.807, 2.05) is 36.1 Å². The zero-order valence-corrected chi connectivity index (χ0v) is 13.8. The number of nitrogens with zero attached hydrogens (tertiary/aromatic N) is 3. The summed E-state index contributed by atoms with van der Waals surface area (Å²) >= 11 is 0. The van der Waals surface area contributed by atoms with E-state index in [2.05, 4.69) is 25.5 Å². The summed E-state index contributed by atoms with van der Waals surface area (Å²) in [6, 6.07) is 7.80. The number of imidazole rings is 1. The minimum Gasteiger partial charge on any atom is -0.334 e. The van der Waals surface area contributed by atoms with Crippen molar-refractivity contribution in [2.45, 2.75) is 39.7 Å². The van der Waals surface area contributed by atoms with Gasteiger partial charge in [0.05, 0.1) is 12.2 Å². The van der Waals surface area contributed by atoms with E-state index in [4.69, 9.17) is 4.98 Å². The molecule has 22 heavy (non-hydrogen) atoms. The molecule has 116 valence electrons. The lowest BCUT2D eigenvalue weighted by molar-refractivity contribution is 0.0731. The van der Waals surface area contributed by atoms with Crippen LogP contribution in [0, 0.1) is 6.92 Å². The Balaban J connectivity index is 1.85. The predicted molar refractivity (Wildman–Crippen MR) is 86.9 cm³/mol. The van der Waals surface area contributed by atoms with Gasteiger partial charge in [0.1, 0.15) is 5.82 Å². The number of benzene rings is 1. The first-order chi connectivity index (χ1) is 10.5. The standard InChI is InChI=1S/C18H23N3O/c1-12(2)17-19-15-11-21(9-8-16(15)20(17)4)18(22)14-7-5-6-13(3)10-14/h5-7,10,12H,8-9,11H2,1-4H3. The molecular weight excluding hydrogens is 274 g/mol. The van der Waals surface area contributed by atoms with Crippen molar-refractivity contribution < 1.29 is 4.79 Å². The van der Waals surface area contributed by atoms with Crippen molar-refractivity contribution in [1.82, 2.24) is 14.5 Å². The summed E-state index contributed by atoms with van der Waals surface area (Å²) in [5, 5.41) is 0. The number of carbonyl (C=O) groups excluding carboxylic acids is 1. The van der Waals surface area contributed by atoms with Gasteiger partial charge in [0.25, 0.3) is 5.91 Å². The van der Waals surface area contributed by atoms with Crippen molar-refractivity contribution in [2.75, 3.05) is 6.54 Å². The minimum absolute atomic E-state index is 0.103. The van der Waals surface area contributed by atoms with Gasteiger partial charge in [-0.25, -0.2) is 4.98 Å². The molecule has 2 heterocycles. The molecule has 4 nitrogen and oxygen atoms in total. The molecule has 4 heteroatoms. The van der Waals surface area contributed by atoms with E-state index >= 15 is 0 Å². The molecule has 0 N–H and O–H groups in total. The largest absolute Gasteiger partial charge is 0.334 e. The first kappa shape index (κ1) is 14.8. The summed E-state index contributed by atoms with van der Waals surface area (Å²) in [6.07, 6.45) is 0.878. The molecule has 1 aromatic carbocycles. The molecule has 0 unspecified atom stereocenters. The Morgan fingerprint density at radius 1 is 1.32 bits per heavy atom. The van der Waals surface area contributed by atoms with E-state index in [1.54, 1.807) is 0 Å². The van der Waals surface area contributed by atoms with Gasteiger partial charge < -0.3 is 9.47 Å². The van der Waals surface area contributed by atoms with Crippen LogP contribution in [0.2, 0.25) is 0 Å². The highest BCUT2D eigenvalue weighted by Crippen LogP contribution is 2.24. The van der Waals surface area contributed by atoms with Crippen LogP contribution in [0.3, 0.4) is 0 Å². The van der Waals surface area contributed by atoms with E-state index in [9.17, 15) is 4.79 Å². The van der Waals surface area contributed by atoms with Gasteiger partial charge in [0, 0.05) is 37.2 Å². The van der Waals surface area contributed by atoms with Crippen LogP contribution in [-0.4, -0.2) is 26.9 Å². The van der Waals surface area contributed by atoms with Crippen molar-refractivity contribution in [1.29, 1.82) is 0 Å². The van der Waals surface area contributed by atoms with Gasteiger partial charge in [-0.15, -0.1) is 0 Å². The summed E-state index contributed by atoms with van der Waals surface area (Å²) in [5.41, 5.74) is 4.21. The quantitative estimate of drug-likeness (QED) is 0.854. The van der Waals surface area contributed by atoms with Crippen LogP contribution in [-0.2, 0) is 20.0 Å². The smallest absolute Gasteiger partial charge is 0.254 e. The van der Waals surface area contributed by atoms with Gasteiger partial charge in [0.15, 0.2) is 0 Å². The molecule has 1 aromatic heterocycles. The SMILES string of the molecule is Cc1cccc(C(=O)N2CCc3c(nc(C(C)C)n3C)C2)c1. The highest BCUT2D eigenvalue weighted by Gasteiger charge is 2.26. The van der Waals surface area contributed by atoms with Crippen LogP contribution in [0.4, 0.5) is 0 Å². The Morgan fingerprint density at radius 2 is 2.09 bits per heavy atom. The number of carbonyl (C=O) groups is 1. The van der Waals surface area contributed by atoms with E-state index < -0.39 is 0 Å². The molecule has 0 saturated carbocycles. The molecular formula is C18H23N3O. The topological polar surface area (TPSA) is 38.1 Å². The normalized spacial score (nSPS) is 14.3. The van der Waals surface area contributed by atoms with Crippen LogP contribution in [0.25, 0.3) is 0 Å². The van der Waals surface area contributed by atoms with Gasteiger partial charge in [-0.3, -0.25) is 4.79 Å². The van der Waals surface area contributed by atoms with Crippen LogP contribution in [0.1, 0.15) is 52.9 Å². The van der Waals surface area contributed by atoms with Crippen LogP contribution >= 0.6 is 0 Å². The number of rotatable bonds is 2. The predicted octanol–water partition coefficient (Wildman–Crippen LogP) is 3.05. The second kappa shape index (κ2) is 5.59. The molecule has 0 spiro atoms. The first-order valence-electron chi connectivity index (χ1n) is 7.87. The zero-order valence-electron chi connectivity index (χ0n) is 13.8. The number of hydrogen-bond donors (Lipinski definition) is 0. The zero-order chi connectivity index (χ0) is 15.9.